The molecule has 2 rings (SSSR count). The molecule has 0 bridgehead atoms. The van der Waals surface area contributed by atoms with Crippen LogP contribution in [0.5, 0.6) is 0 Å². The quantitative estimate of drug-likeness (QED) is 0.576. The van der Waals surface area contributed by atoms with Gasteiger partial charge < -0.3 is 14.5 Å². The third kappa shape index (κ3) is 1.85. The molecule has 0 aromatic rings. The third-order valence-corrected chi connectivity index (χ3v) is 2.79. The van der Waals surface area contributed by atoms with Crippen LogP contribution in [0.1, 0.15) is 13.8 Å². The molecule has 4 nitrogen and oxygen atoms in total. The van der Waals surface area contributed by atoms with E-state index in [1.54, 1.807) is 0 Å². The van der Waals surface area contributed by atoms with Crippen LogP contribution in [0, 0.1) is 5.41 Å². The van der Waals surface area contributed by atoms with Gasteiger partial charge >= 0.3 is 6.03 Å². The van der Waals surface area contributed by atoms with Gasteiger partial charge in [-0.25, -0.2) is 4.79 Å². The maximum atomic E-state index is 11.9. The van der Waals surface area contributed by atoms with Crippen molar-refractivity contribution in [2.75, 3.05) is 39.4 Å². The summed E-state index contributed by atoms with van der Waals surface area (Å²) in [5.41, 5.74) is 0.321. The van der Waals surface area contributed by atoms with Gasteiger partial charge in [0, 0.05) is 31.6 Å². The van der Waals surface area contributed by atoms with Gasteiger partial charge in [0.05, 0.1) is 13.2 Å². The van der Waals surface area contributed by atoms with Gasteiger partial charge in [0.2, 0.25) is 0 Å². The van der Waals surface area contributed by atoms with Crippen molar-refractivity contribution in [3.05, 3.63) is 0 Å². The van der Waals surface area contributed by atoms with E-state index in [4.69, 9.17) is 4.74 Å². The summed E-state index contributed by atoms with van der Waals surface area (Å²) in [7, 11) is 0. The number of hydrogen-bond donors (Lipinski definition) is 0. The van der Waals surface area contributed by atoms with Crippen LogP contribution >= 0.6 is 0 Å². The van der Waals surface area contributed by atoms with E-state index in [1.807, 2.05) is 9.80 Å². The Bertz CT molecular complexity index is 226. The molecular formula is C10H18N2O2. The van der Waals surface area contributed by atoms with Crippen molar-refractivity contribution < 1.29 is 9.53 Å². The van der Waals surface area contributed by atoms with Crippen LogP contribution in [0.4, 0.5) is 4.79 Å². The van der Waals surface area contributed by atoms with Gasteiger partial charge in [-0.15, -0.1) is 0 Å². The third-order valence-electron chi connectivity index (χ3n) is 2.79. The number of rotatable bonds is 0. The molecule has 2 amide bonds. The van der Waals surface area contributed by atoms with E-state index < -0.39 is 0 Å². The molecule has 2 heterocycles. The van der Waals surface area contributed by atoms with Crippen LogP contribution in [-0.2, 0) is 4.74 Å². The van der Waals surface area contributed by atoms with Gasteiger partial charge in [0.15, 0.2) is 0 Å². The van der Waals surface area contributed by atoms with Crippen molar-refractivity contribution in [1.82, 2.24) is 9.80 Å². The number of carbonyl (C=O) groups excluding carboxylic acids is 1. The lowest BCUT2D eigenvalue weighted by Gasteiger charge is -2.47. The highest BCUT2D eigenvalue weighted by molar-refractivity contribution is 5.75. The number of likely N-dealkylation sites (tertiary alicyclic amines) is 1. The summed E-state index contributed by atoms with van der Waals surface area (Å²) in [6, 6.07) is 0.188. The predicted octanol–water partition coefficient (Wildman–Crippen LogP) is 0.780. The fraction of sp³-hybridized carbons (Fsp3) is 0.900. The average molecular weight is 198 g/mol. The van der Waals surface area contributed by atoms with E-state index >= 15 is 0 Å². The molecule has 0 aromatic carbocycles. The summed E-state index contributed by atoms with van der Waals surface area (Å²) in [4.78, 5) is 15.7. The summed E-state index contributed by atoms with van der Waals surface area (Å²) >= 11 is 0. The van der Waals surface area contributed by atoms with Gasteiger partial charge in [0.25, 0.3) is 0 Å². The molecule has 0 aromatic heterocycles. The molecule has 2 aliphatic heterocycles. The van der Waals surface area contributed by atoms with E-state index in [1.165, 1.54) is 0 Å². The Kier molecular flexibility index (Phi) is 2.39. The molecule has 0 saturated carbocycles. The fourth-order valence-electron chi connectivity index (χ4n) is 2.08. The maximum Gasteiger partial charge on any atom is 0.320 e. The van der Waals surface area contributed by atoms with Gasteiger partial charge in [-0.2, -0.15) is 0 Å². The summed E-state index contributed by atoms with van der Waals surface area (Å²) in [6.45, 7) is 9.02. The molecule has 2 saturated heterocycles. The number of nitrogens with zero attached hydrogens (tertiary/aromatic N) is 2. The second-order valence-electron chi connectivity index (χ2n) is 4.90. The normalized spacial score (nSPS) is 25.9. The van der Waals surface area contributed by atoms with Crippen LogP contribution < -0.4 is 0 Å². The largest absolute Gasteiger partial charge is 0.378 e. The Labute approximate surface area is 84.8 Å². The zero-order valence-electron chi connectivity index (χ0n) is 8.95. The molecule has 0 radical (unpaired) electrons. The van der Waals surface area contributed by atoms with Gasteiger partial charge in [-0.05, 0) is 0 Å². The van der Waals surface area contributed by atoms with Crippen molar-refractivity contribution in [2.24, 2.45) is 5.41 Å². The molecule has 4 heteroatoms. The Morgan fingerprint density at radius 3 is 2.21 bits per heavy atom. The van der Waals surface area contributed by atoms with E-state index in [-0.39, 0.29) is 6.03 Å². The van der Waals surface area contributed by atoms with Gasteiger partial charge in [-0.3, -0.25) is 0 Å². The van der Waals surface area contributed by atoms with E-state index in [2.05, 4.69) is 13.8 Å². The van der Waals surface area contributed by atoms with Crippen LogP contribution in [0.25, 0.3) is 0 Å². The van der Waals surface area contributed by atoms with Crippen molar-refractivity contribution in [1.29, 1.82) is 0 Å². The summed E-state index contributed by atoms with van der Waals surface area (Å²) in [6.07, 6.45) is 0. The number of carbonyl (C=O) groups is 1. The van der Waals surface area contributed by atoms with Crippen molar-refractivity contribution in [3.8, 4) is 0 Å². The summed E-state index contributed by atoms with van der Waals surface area (Å²) < 4.78 is 5.21. The van der Waals surface area contributed by atoms with E-state index in [0.29, 0.717) is 18.6 Å². The van der Waals surface area contributed by atoms with E-state index in [0.717, 1.165) is 26.2 Å². The molecule has 0 spiro atoms. The SMILES string of the molecule is CC1(C)CN(C(=O)N2CCOCC2)C1. The monoisotopic (exact) mass is 198 g/mol. The van der Waals surface area contributed by atoms with Crippen molar-refractivity contribution in [3.63, 3.8) is 0 Å². The Balaban J connectivity index is 1.84. The standard InChI is InChI=1S/C10H18N2O2/c1-10(2)7-12(8-10)9(13)11-3-5-14-6-4-11/h3-8H2,1-2H3. The first-order valence-electron chi connectivity index (χ1n) is 5.20. The van der Waals surface area contributed by atoms with Crippen LogP contribution in [0.2, 0.25) is 0 Å². The van der Waals surface area contributed by atoms with Gasteiger partial charge in [0.1, 0.15) is 0 Å². The topological polar surface area (TPSA) is 32.8 Å². The summed E-state index contributed by atoms with van der Waals surface area (Å²) in [5, 5.41) is 0. The highest BCUT2D eigenvalue weighted by Gasteiger charge is 2.39. The molecular weight excluding hydrogens is 180 g/mol. The minimum Gasteiger partial charge on any atom is -0.378 e. The zero-order valence-corrected chi connectivity index (χ0v) is 8.95. The van der Waals surface area contributed by atoms with Crippen molar-refractivity contribution in [2.45, 2.75) is 13.8 Å². The molecule has 0 aliphatic carbocycles. The lowest BCUT2D eigenvalue weighted by atomic mass is 9.85. The molecule has 2 aliphatic rings. The lowest BCUT2D eigenvalue weighted by molar-refractivity contribution is 0.0106. The molecule has 0 atom stereocenters. The summed E-state index contributed by atoms with van der Waals surface area (Å²) in [5.74, 6) is 0. The van der Waals surface area contributed by atoms with Gasteiger partial charge in [-0.1, -0.05) is 13.8 Å². The first-order valence-corrected chi connectivity index (χ1v) is 5.20. The molecule has 0 N–H and O–H groups in total. The highest BCUT2D eigenvalue weighted by atomic mass is 16.5. The number of hydrogen-bond acceptors (Lipinski definition) is 2. The number of ether oxygens (including phenoxy) is 1. The predicted molar refractivity (Wildman–Crippen MR) is 53.1 cm³/mol. The van der Waals surface area contributed by atoms with Crippen molar-refractivity contribution >= 4 is 6.03 Å². The minimum atomic E-state index is 0.188. The van der Waals surface area contributed by atoms with Crippen LogP contribution in [0.3, 0.4) is 0 Å². The number of morpholine rings is 1. The average Bonchev–Trinajstić information content (AvgIpc) is 2.14. The molecule has 14 heavy (non-hydrogen) atoms. The Morgan fingerprint density at radius 1 is 1.14 bits per heavy atom. The smallest absolute Gasteiger partial charge is 0.320 e. The first-order chi connectivity index (χ1) is 6.58. The second kappa shape index (κ2) is 3.42. The van der Waals surface area contributed by atoms with Crippen LogP contribution in [0.15, 0.2) is 0 Å². The lowest BCUT2D eigenvalue weighted by Crippen LogP contribution is -2.60. The Hall–Kier alpha value is -0.770. The first kappa shape index (κ1) is 9.77. The minimum absolute atomic E-state index is 0.188. The number of amides is 2. The molecule has 2 fully saturated rings. The number of urea groups is 1. The zero-order chi connectivity index (χ0) is 10.2. The van der Waals surface area contributed by atoms with Crippen LogP contribution in [-0.4, -0.2) is 55.2 Å². The highest BCUT2D eigenvalue weighted by Crippen LogP contribution is 2.29. The fourth-order valence-corrected chi connectivity index (χ4v) is 2.08. The second-order valence-corrected chi connectivity index (χ2v) is 4.90. The van der Waals surface area contributed by atoms with E-state index in [9.17, 15) is 4.79 Å². The maximum absolute atomic E-state index is 11.9. The molecule has 0 unspecified atom stereocenters. The Morgan fingerprint density at radius 2 is 1.71 bits per heavy atom. The molecule has 80 valence electrons.